The molecule has 0 unspecified atom stereocenters. The summed E-state index contributed by atoms with van der Waals surface area (Å²) in [4.78, 5) is 23.0. The van der Waals surface area contributed by atoms with E-state index >= 15 is 0 Å². The predicted molar refractivity (Wildman–Crippen MR) is 90.0 cm³/mol. The fourth-order valence-electron chi connectivity index (χ4n) is 2.55. The summed E-state index contributed by atoms with van der Waals surface area (Å²) in [6.07, 6.45) is -3.72. The molecular formula is C18H11F3N2O5. The Bertz CT molecular complexity index is 1040. The molecule has 10 heteroatoms. The number of methoxy groups -OCH3 is 1. The van der Waals surface area contributed by atoms with Crippen LogP contribution in [0.5, 0.6) is 5.75 Å². The third-order valence-electron chi connectivity index (χ3n) is 3.93. The molecule has 0 radical (unpaired) electrons. The molecule has 0 bridgehead atoms. The number of nitro groups is 1. The molecule has 0 aliphatic heterocycles. The Hall–Kier alpha value is -3.69. The number of ether oxygens (including phenoxy) is 1. The number of hydrogen-bond donors (Lipinski definition) is 0. The van der Waals surface area contributed by atoms with Crippen LogP contribution in [0.15, 0.2) is 53.2 Å². The largest absolute Gasteiger partial charge is 0.497 e. The third-order valence-corrected chi connectivity index (χ3v) is 3.93. The van der Waals surface area contributed by atoms with E-state index in [-0.39, 0.29) is 11.3 Å². The zero-order chi connectivity index (χ0) is 20.5. The molecule has 2 aromatic carbocycles. The Morgan fingerprint density at radius 2 is 1.82 bits per heavy atom. The van der Waals surface area contributed by atoms with Gasteiger partial charge in [0.15, 0.2) is 5.76 Å². The van der Waals surface area contributed by atoms with E-state index in [4.69, 9.17) is 9.26 Å². The summed E-state index contributed by atoms with van der Waals surface area (Å²) in [5.41, 5.74) is -2.36. The van der Waals surface area contributed by atoms with E-state index in [0.717, 1.165) is 12.3 Å². The van der Waals surface area contributed by atoms with Gasteiger partial charge in [0.2, 0.25) is 5.78 Å². The molecule has 0 N–H and O–H groups in total. The number of halogens is 3. The molecule has 1 heterocycles. The summed E-state index contributed by atoms with van der Waals surface area (Å²) in [6.45, 7) is 0. The van der Waals surface area contributed by atoms with Crippen LogP contribution < -0.4 is 4.74 Å². The summed E-state index contributed by atoms with van der Waals surface area (Å²) in [7, 11) is 1.47. The van der Waals surface area contributed by atoms with Crippen LogP contribution in [0.25, 0.3) is 11.3 Å². The van der Waals surface area contributed by atoms with Gasteiger partial charge in [0.05, 0.1) is 29.4 Å². The first kappa shape index (κ1) is 19.1. The molecule has 3 rings (SSSR count). The lowest BCUT2D eigenvalue weighted by atomic mass is 9.98. The minimum atomic E-state index is -4.78. The maximum Gasteiger partial charge on any atom is 0.416 e. The zero-order valence-corrected chi connectivity index (χ0v) is 14.2. The molecule has 3 aromatic rings. The normalized spacial score (nSPS) is 11.3. The molecule has 0 saturated heterocycles. The van der Waals surface area contributed by atoms with Crippen LogP contribution in [0.4, 0.5) is 18.9 Å². The average Bonchev–Trinajstić information content (AvgIpc) is 3.16. The number of aromatic nitrogens is 1. The minimum absolute atomic E-state index is 0.0295. The molecule has 0 aliphatic carbocycles. The fraction of sp³-hybridized carbons (Fsp3) is 0.111. The molecule has 144 valence electrons. The number of carbonyl (C=O) groups is 1. The first-order valence-corrected chi connectivity index (χ1v) is 7.72. The summed E-state index contributed by atoms with van der Waals surface area (Å²) >= 11 is 0. The van der Waals surface area contributed by atoms with Crippen molar-refractivity contribution in [2.24, 2.45) is 0 Å². The van der Waals surface area contributed by atoms with Crippen LogP contribution in [0, 0.1) is 10.1 Å². The Morgan fingerprint density at radius 1 is 1.14 bits per heavy atom. The molecule has 0 aliphatic rings. The lowest BCUT2D eigenvalue weighted by molar-refractivity contribution is -0.385. The number of ketones is 1. The van der Waals surface area contributed by atoms with Gasteiger partial charge in [-0.05, 0) is 36.4 Å². The van der Waals surface area contributed by atoms with E-state index in [9.17, 15) is 28.1 Å². The predicted octanol–water partition coefficient (Wildman–Crippen LogP) is 4.51. The second-order valence-corrected chi connectivity index (χ2v) is 5.61. The topological polar surface area (TPSA) is 95.5 Å². The molecule has 0 atom stereocenters. The van der Waals surface area contributed by atoms with Crippen LogP contribution in [-0.4, -0.2) is 23.0 Å². The number of alkyl halides is 3. The highest BCUT2D eigenvalue weighted by Gasteiger charge is 2.34. The van der Waals surface area contributed by atoms with Crippen molar-refractivity contribution < 1.29 is 32.1 Å². The quantitative estimate of drug-likeness (QED) is 0.360. The van der Waals surface area contributed by atoms with Gasteiger partial charge >= 0.3 is 6.18 Å². The zero-order valence-electron chi connectivity index (χ0n) is 14.2. The number of benzene rings is 2. The molecule has 0 spiro atoms. The van der Waals surface area contributed by atoms with Crippen molar-refractivity contribution in [3.63, 3.8) is 0 Å². The number of carbonyl (C=O) groups excluding carboxylic acids is 1. The van der Waals surface area contributed by atoms with Gasteiger partial charge in [0.25, 0.3) is 5.69 Å². The van der Waals surface area contributed by atoms with Crippen LogP contribution in [0.3, 0.4) is 0 Å². The maximum atomic E-state index is 12.8. The van der Waals surface area contributed by atoms with Crippen molar-refractivity contribution >= 4 is 11.5 Å². The molecular weight excluding hydrogens is 381 g/mol. The van der Waals surface area contributed by atoms with E-state index in [1.165, 1.54) is 7.11 Å². The molecule has 0 amide bonds. The van der Waals surface area contributed by atoms with Crippen molar-refractivity contribution in [3.8, 4) is 17.1 Å². The van der Waals surface area contributed by atoms with Crippen molar-refractivity contribution in [1.82, 2.24) is 5.16 Å². The maximum absolute atomic E-state index is 12.8. The molecule has 0 saturated carbocycles. The van der Waals surface area contributed by atoms with Gasteiger partial charge in [-0.2, -0.15) is 13.2 Å². The second-order valence-electron chi connectivity index (χ2n) is 5.61. The Balaban J connectivity index is 2.06. The van der Waals surface area contributed by atoms with E-state index < -0.39 is 33.7 Å². The van der Waals surface area contributed by atoms with Crippen molar-refractivity contribution in [2.45, 2.75) is 6.18 Å². The van der Waals surface area contributed by atoms with Crippen LogP contribution in [0.1, 0.15) is 21.5 Å². The third kappa shape index (κ3) is 3.56. The van der Waals surface area contributed by atoms with Crippen LogP contribution in [-0.2, 0) is 6.18 Å². The lowest BCUT2D eigenvalue weighted by Gasteiger charge is -2.08. The van der Waals surface area contributed by atoms with Crippen LogP contribution >= 0.6 is 0 Å². The van der Waals surface area contributed by atoms with E-state index in [2.05, 4.69) is 5.16 Å². The summed E-state index contributed by atoms with van der Waals surface area (Å²) in [5, 5.41) is 14.8. The fourth-order valence-corrected chi connectivity index (χ4v) is 2.55. The van der Waals surface area contributed by atoms with Gasteiger partial charge in [-0.25, -0.2) is 0 Å². The standard InChI is InChI=1S/C18H11F3N2O5/c1-27-12-5-2-10(3-6-12)17-14(9-22-28-17)16(24)13-7-4-11(18(19,20)21)8-15(13)23(25)26/h2-9H,1H3. The first-order chi connectivity index (χ1) is 13.2. The van der Waals surface area contributed by atoms with E-state index in [1.54, 1.807) is 24.3 Å². The Kier molecular flexibility index (Phi) is 4.87. The summed E-state index contributed by atoms with van der Waals surface area (Å²) in [5.74, 6) is -0.302. The Labute approximate surface area is 155 Å². The number of rotatable bonds is 5. The average molecular weight is 392 g/mol. The molecule has 28 heavy (non-hydrogen) atoms. The van der Waals surface area contributed by atoms with Gasteiger partial charge in [-0.1, -0.05) is 5.16 Å². The highest BCUT2D eigenvalue weighted by molar-refractivity contribution is 6.14. The molecule has 7 nitrogen and oxygen atoms in total. The van der Waals surface area contributed by atoms with Crippen molar-refractivity contribution in [1.29, 1.82) is 0 Å². The minimum Gasteiger partial charge on any atom is -0.497 e. The summed E-state index contributed by atoms with van der Waals surface area (Å²) in [6, 6.07) is 8.08. The van der Waals surface area contributed by atoms with Gasteiger partial charge in [0.1, 0.15) is 11.3 Å². The van der Waals surface area contributed by atoms with Gasteiger partial charge in [-0.3, -0.25) is 14.9 Å². The van der Waals surface area contributed by atoms with Crippen LogP contribution in [0.2, 0.25) is 0 Å². The van der Waals surface area contributed by atoms with E-state index in [1.807, 2.05) is 0 Å². The highest BCUT2D eigenvalue weighted by atomic mass is 19.4. The number of nitrogens with zero attached hydrogens (tertiary/aromatic N) is 2. The Morgan fingerprint density at radius 3 is 2.39 bits per heavy atom. The monoisotopic (exact) mass is 392 g/mol. The van der Waals surface area contributed by atoms with Gasteiger partial charge in [-0.15, -0.1) is 0 Å². The van der Waals surface area contributed by atoms with Gasteiger partial charge in [0, 0.05) is 11.6 Å². The first-order valence-electron chi connectivity index (χ1n) is 7.72. The van der Waals surface area contributed by atoms with Crippen molar-refractivity contribution in [3.05, 3.63) is 75.5 Å². The number of hydrogen-bond acceptors (Lipinski definition) is 6. The van der Waals surface area contributed by atoms with E-state index in [0.29, 0.717) is 23.4 Å². The summed E-state index contributed by atoms with van der Waals surface area (Å²) < 4.78 is 48.6. The van der Waals surface area contributed by atoms with Crippen molar-refractivity contribution in [2.75, 3.05) is 7.11 Å². The smallest absolute Gasteiger partial charge is 0.416 e. The second kappa shape index (κ2) is 7.14. The highest BCUT2D eigenvalue weighted by Crippen LogP contribution is 2.35. The van der Waals surface area contributed by atoms with Gasteiger partial charge < -0.3 is 9.26 Å². The molecule has 0 fully saturated rings. The number of nitro benzene ring substituents is 1. The SMILES string of the molecule is COc1ccc(-c2oncc2C(=O)c2ccc(C(F)(F)F)cc2[N+](=O)[O-])cc1. The lowest BCUT2D eigenvalue weighted by Crippen LogP contribution is -2.10. The molecule has 1 aromatic heterocycles.